The monoisotopic (exact) mass is 403 g/mol. The molecule has 0 unspecified atom stereocenters. The third-order valence-electron chi connectivity index (χ3n) is 4.39. The normalized spacial score (nSPS) is 11.4. The van der Waals surface area contributed by atoms with Crippen LogP contribution in [0.1, 0.15) is 25.5 Å². The first-order chi connectivity index (χ1) is 13.5. The molecule has 2 heterocycles. The van der Waals surface area contributed by atoms with Gasteiger partial charge in [0.25, 0.3) is 0 Å². The van der Waals surface area contributed by atoms with Crippen molar-refractivity contribution >= 4 is 34.5 Å². The van der Waals surface area contributed by atoms with Crippen molar-refractivity contribution in [2.45, 2.75) is 26.4 Å². The van der Waals surface area contributed by atoms with E-state index < -0.39 is 0 Å². The number of hydrogen-bond acceptors (Lipinski definition) is 7. The Morgan fingerprint density at radius 1 is 1.21 bits per heavy atom. The average Bonchev–Trinajstić information content (AvgIpc) is 3.11. The van der Waals surface area contributed by atoms with E-state index in [-0.39, 0.29) is 12.6 Å². The Hall–Kier alpha value is -2.42. The van der Waals surface area contributed by atoms with Gasteiger partial charge in [-0.15, -0.1) is 0 Å². The van der Waals surface area contributed by atoms with E-state index in [4.69, 9.17) is 22.3 Å². The molecule has 0 aliphatic carbocycles. The third-order valence-corrected chi connectivity index (χ3v) is 4.64. The predicted molar refractivity (Wildman–Crippen MR) is 113 cm³/mol. The van der Waals surface area contributed by atoms with Gasteiger partial charge in [-0.25, -0.2) is 4.98 Å². The first-order valence-corrected chi connectivity index (χ1v) is 9.70. The number of rotatable bonds is 9. The second kappa shape index (κ2) is 9.18. The summed E-state index contributed by atoms with van der Waals surface area (Å²) in [6.07, 6.45) is 1.78. The number of nitrogens with two attached hydrogens (primary N) is 1. The second-order valence-corrected chi connectivity index (χ2v) is 7.21. The summed E-state index contributed by atoms with van der Waals surface area (Å²) in [7, 11) is 0. The van der Waals surface area contributed by atoms with Gasteiger partial charge in [-0.05, 0) is 31.5 Å². The number of aromatic nitrogens is 4. The number of nitrogens with zero attached hydrogens (tertiary/aromatic N) is 5. The number of fused-ring (bicyclic) bond motifs is 1. The van der Waals surface area contributed by atoms with Crippen LogP contribution in [-0.4, -0.2) is 50.9 Å². The number of aliphatic hydroxyl groups excluding tert-OH is 1. The number of halogens is 1. The summed E-state index contributed by atoms with van der Waals surface area (Å²) in [5.41, 5.74) is 8.27. The minimum absolute atomic E-state index is 0.00161. The minimum atomic E-state index is -0.00161. The fourth-order valence-corrected chi connectivity index (χ4v) is 3.05. The quantitative estimate of drug-likeness (QED) is 0.503. The third kappa shape index (κ3) is 4.52. The summed E-state index contributed by atoms with van der Waals surface area (Å²) in [6, 6.07) is 7.86. The van der Waals surface area contributed by atoms with Gasteiger partial charge in [0.2, 0.25) is 5.95 Å². The highest BCUT2D eigenvalue weighted by molar-refractivity contribution is 6.30. The Kier molecular flexibility index (Phi) is 6.66. The van der Waals surface area contributed by atoms with Gasteiger partial charge in [0.05, 0.1) is 12.9 Å². The summed E-state index contributed by atoms with van der Waals surface area (Å²) in [5.74, 6) is 1.17. The standard InChI is InChI=1S/C19H26ClN7O/c1-13(2)27-12-23-16-17(22-11-14-3-5-15(20)6-4-14)24-19(25-18(16)27)26(8-7-21)9-10-28/h3-6,12-13,28H,7-11,21H2,1-2H3,(H,22,24,25). The Morgan fingerprint density at radius 2 is 1.96 bits per heavy atom. The van der Waals surface area contributed by atoms with Gasteiger partial charge in [0.15, 0.2) is 17.0 Å². The number of anilines is 2. The van der Waals surface area contributed by atoms with Gasteiger partial charge < -0.3 is 25.6 Å². The van der Waals surface area contributed by atoms with Gasteiger partial charge in [-0.2, -0.15) is 9.97 Å². The van der Waals surface area contributed by atoms with Gasteiger partial charge >= 0.3 is 0 Å². The van der Waals surface area contributed by atoms with Crippen LogP contribution in [0.2, 0.25) is 5.02 Å². The number of nitrogens with one attached hydrogen (secondary N) is 1. The molecule has 0 bridgehead atoms. The van der Waals surface area contributed by atoms with Crippen molar-refractivity contribution in [2.24, 2.45) is 5.73 Å². The largest absolute Gasteiger partial charge is 0.395 e. The highest BCUT2D eigenvalue weighted by atomic mass is 35.5. The first kappa shape index (κ1) is 20.3. The van der Waals surface area contributed by atoms with Gasteiger partial charge in [-0.3, -0.25) is 0 Å². The molecule has 0 aliphatic heterocycles. The molecule has 9 heteroatoms. The van der Waals surface area contributed by atoms with Crippen LogP contribution >= 0.6 is 11.6 Å². The number of hydrogen-bond donors (Lipinski definition) is 3. The molecule has 0 saturated heterocycles. The molecule has 0 spiro atoms. The van der Waals surface area contributed by atoms with Crippen LogP contribution in [0.4, 0.5) is 11.8 Å². The molecule has 3 aromatic rings. The first-order valence-electron chi connectivity index (χ1n) is 9.32. The molecule has 4 N–H and O–H groups in total. The molecule has 8 nitrogen and oxygen atoms in total. The maximum Gasteiger partial charge on any atom is 0.229 e. The van der Waals surface area contributed by atoms with Crippen molar-refractivity contribution in [3.63, 3.8) is 0 Å². The maximum absolute atomic E-state index is 9.40. The molecule has 3 rings (SSSR count). The zero-order valence-corrected chi connectivity index (χ0v) is 16.9. The van der Waals surface area contributed by atoms with Crippen LogP contribution < -0.4 is 16.0 Å². The fraction of sp³-hybridized carbons (Fsp3) is 0.421. The number of benzene rings is 1. The molecule has 0 saturated carbocycles. The van der Waals surface area contributed by atoms with Gasteiger partial charge in [0.1, 0.15) is 0 Å². The Labute approximate surface area is 169 Å². The van der Waals surface area contributed by atoms with Gasteiger partial charge in [-0.1, -0.05) is 23.7 Å². The smallest absolute Gasteiger partial charge is 0.229 e. The van der Waals surface area contributed by atoms with Crippen LogP contribution in [0.15, 0.2) is 30.6 Å². The Bertz CT molecular complexity index is 905. The van der Waals surface area contributed by atoms with Crippen molar-refractivity contribution in [3.8, 4) is 0 Å². The molecule has 0 aliphatic rings. The fourth-order valence-electron chi connectivity index (χ4n) is 2.92. The van der Waals surface area contributed by atoms with E-state index in [1.54, 1.807) is 6.33 Å². The van der Waals surface area contributed by atoms with E-state index >= 15 is 0 Å². The van der Waals surface area contributed by atoms with Crippen LogP contribution in [0.5, 0.6) is 0 Å². The molecule has 0 radical (unpaired) electrons. The minimum Gasteiger partial charge on any atom is -0.395 e. The van der Waals surface area contributed by atoms with Crippen LogP contribution in [0.3, 0.4) is 0 Å². The van der Waals surface area contributed by atoms with Gasteiger partial charge in [0, 0.05) is 37.2 Å². The molecule has 1 aromatic carbocycles. The molecule has 0 atom stereocenters. The van der Waals surface area contributed by atoms with E-state index in [0.717, 1.165) is 11.2 Å². The molecule has 28 heavy (non-hydrogen) atoms. The Morgan fingerprint density at radius 3 is 2.61 bits per heavy atom. The number of aliphatic hydroxyl groups is 1. The lowest BCUT2D eigenvalue weighted by atomic mass is 10.2. The van der Waals surface area contributed by atoms with Crippen molar-refractivity contribution in [3.05, 3.63) is 41.2 Å². The van der Waals surface area contributed by atoms with E-state index in [0.29, 0.717) is 48.5 Å². The Balaban J connectivity index is 1.99. The molecule has 150 valence electrons. The SMILES string of the molecule is CC(C)n1cnc2c(NCc3ccc(Cl)cc3)nc(N(CCN)CCO)nc21. The second-order valence-electron chi connectivity index (χ2n) is 6.77. The zero-order valence-electron chi connectivity index (χ0n) is 16.1. The van der Waals surface area contributed by atoms with Crippen LogP contribution in [0, 0.1) is 0 Å². The lowest BCUT2D eigenvalue weighted by molar-refractivity contribution is 0.301. The van der Waals surface area contributed by atoms with E-state index in [9.17, 15) is 5.11 Å². The molecular weight excluding hydrogens is 378 g/mol. The molecule has 0 fully saturated rings. The highest BCUT2D eigenvalue weighted by Crippen LogP contribution is 2.25. The van der Waals surface area contributed by atoms with Crippen molar-refractivity contribution in [1.82, 2.24) is 19.5 Å². The topological polar surface area (TPSA) is 105 Å². The predicted octanol–water partition coefficient (Wildman–Crippen LogP) is 2.43. The van der Waals surface area contributed by atoms with Crippen LogP contribution in [0.25, 0.3) is 11.2 Å². The lowest BCUT2D eigenvalue weighted by Crippen LogP contribution is -2.33. The van der Waals surface area contributed by atoms with Crippen molar-refractivity contribution in [1.29, 1.82) is 0 Å². The summed E-state index contributed by atoms with van der Waals surface area (Å²) < 4.78 is 2.01. The maximum atomic E-state index is 9.40. The van der Waals surface area contributed by atoms with Crippen molar-refractivity contribution in [2.75, 3.05) is 36.5 Å². The zero-order chi connectivity index (χ0) is 20.1. The molecular formula is C19H26ClN7O. The summed E-state index contributed by atoms with van der Waals surface area (Å²) >= 11 is 5.96. The lowest BCUT2D eigenvalue weighted by Gasteiger charge is -2.22. The molecule has 0 amide bonds. The molecule has 2 aromatic heterocycles. The van der Waals surface area contributed by atoms with Crippen molar-refractivity contribution < 1.29 is 5.11 Å². The summed E-state index contributed by atoms with van der Waals surface area (Å²) in [4.78, 5) is 15.8. The van der Waals surface area contributed by atoms with E-state index in [1.165, 1.54) is 0 Å². The summed E-state index contributed by atoms with van der Waals surface area (Å²) in [6.45, 7) is 6.14. The average molecular weight is 404 g/mol. The van der Waals surface area contributed by atoms with Crippen LogP contribution in [-0.2, 0) is 6.54 Å². The highest BCUT2D eigenvalue weighted by Gasteiger charge is 2.18. The number of imidazole rings is 1. The van der Waals surface area contributed by atoms with E-state index in [2.05, 4.69) is 29.1 Å². The van der Waals surface area contributed by atoms with E-state index in [1.807, 2.05) is 33.7 Å². The summed E-state index contributed by atoms with van der Waals surface area (Å²) in [5, 5.41) is 13.5.